The lowest BCUT2D eigenvalue weighted by Gasteiger charge is -2.50. The van der Waals surface area contributed by atoms with Crippen molar-refractivity contribution in [1.82, 2.24) is 4.90 Å². The van der Waals surface area contributed by atoms with E-state index in [1.54, 1.807) is 7.11 Å². The van der Waals surface area contributed by atoms with Crippen LogP contribution >= 0.6 is 0 Å². The SMILES string of the molecule is COc1cccc(C2(O)CC3CCCC(C2)N3C)c1. The van der Waals surface area contributed by atoms with Crippen LogP contribution in [-0.4, -0.2) is 36.2 Å². The largest absolute Gasteiger partial charge is 0.497 e. The van der Waals surface area contributed by atoms with E-state index in [9.17, 15) is 5.11 Å². The van der Waals surface area contributed by atoms with Crippen LogP contribution in [0.25, 0.3) is 0 Å². The molecule has 1 aromatic rings. The molecule has 2 atom stereocenters. The Balaban J connectivity index is 1.90. The lowest BCUT2D eigenvalue weighted by molar-refractivity contribution is -0.0875. The molecule has 3 heteroatoms. The first kappa shape index (κ1) is 12.9. The molecular weight excluding hydrogens is 238 g/mol. The molecule has 0 amide bonds. The van der Waals surface area contributed by atoms with Crippen molar-refractivity contribution in [2.75, 3.05) is 14.2 Å². The van der Waals surface area contributed by atoms with E-state index in [2.05, 4.69) is 11.9 Å². The average Bonchev–Trinajstić information content (AvgIpc) is 2.41. The summed E-state index contributed by atoms with van der Waals surface area (Å²) in [6, 6.07) is 8.96. The topological polar surface area (TPSA) is 32.7 Å². The Kier molecular flexibility index (Phi) is 3.27. The van der Waals surface area contributed by atoms with Crippen molar-refractivity contribution in [3.8, 4) is 5.75 Å². The minimum atomic E-state index is -0.684. The molecule has 1 aromatic carbocycles. The summed E-state index contributed by atoms with van der Waals surface area (Å²) in [6.07, 6.45) is 5.40. The second kappa shape index (κ2) is 4.80. The first-order valence-corrected chi connectivity index (χ1v) is 7.21. The van der Waals surface area contributed by atoms with Gasteiger partial charge in [0.1, 0.15) is 5.75 Å². The van der Waals surface area contributed by atoms with Gasteiger partial charge < -0.3 is 14.7 Å². The van der Waals surface area contributed by atoms with Gasteiger partial charge in [-0.3, -0.25) is 0 Å². The van der Waals surface area contributed by atoms with E-state index in [4.69, 9.17) is 4.74 Å². The van der Waals surface area contributed by atoms with Crippen molar-refractivity contribution < 1.29 is 9.84 Å². The maximum Gasteiger partial charge on any atom is 0.119 e. The monoisotopic (exact) mass is 261 g/mol. The molecule has 3 nitrogen and oxygen atoms in total. The molecule has 0 spiro atoms. The second-order valence-corrected chi connectivity index (χ2v) is 6.08. The van der Waals surface area contributed by atoms with Gasteiger partial charge in [-0.25, -0.2) is 0 Å². The van der Waals surface area contributed by atoms with Crippen molar-refractivity contribution in [2.24, 2.45) is 0 Å². The summed E-state index contributed by atoms with van der Waals surface area (Å²) < 4.78 is 5.28. The Labute approximate surface area is 115 Å². The minimum absolute atomic E-state index is 0.517. The van der Waals surface area contributed by atoms with Gasteiger partial charge in [0.2, 0.25) is 0 Å². The summed E-state index contributed by atoms with van der Waals surface area (Å²) in [6.45, 7) is 0. The van der Waals surface area contributed by atoms with Crippen molar-refractivity contribution in [1.29, 1.82) is 0 Å². The predicted molar refractivity (Wildman–Crippen MR) is 75.3 cm³/mol. The van der Waals surface area contributed by atoms with Gasteiger partial charge in [0.15, 0.2) is 0 Å². The van der Waals surface area contributed by atoms with E-state index in [0.29, 0.717) is 12.1 Å². The molecule has 2 aliphatic heterocycles. The minimum Gasteiger partial charge on any atom is -0.497 e. The van der Waals surface area contributed by atoms with Crippen LogP contribution in [0.1, 0.15) is 37.7 Å². The van der Waals surface area contributed by atoms with Gasteiger partial charge in [0, 0.05) is 12.1 Å². The summed E-state index contributed by atoms with van der Waals surface area (Å²) in [7, 11) is 3.88. The lowest BCUT2D eigenvalue weighted by atomic mass is 9.73. The van der Waals surface area contributed by atoms with E-state index in [-0.39, 0.29) is 0 Å². The van der Waals surface area contributed by atoms with Crippen LogP contribution in [-0.2, 0) is 5.60 Å². The molecule has 0 aromatic heterocycles. The van der Waals surface area contributed by atoms with Gasteiger partial charge in [-0.1, -0.05) is 18.6 Å². The van der Waals surface area contributed by atoms with Gasteiger partial charge >= 0.3 is 0 Å². The molecule has 2 unspecified atom stereocenters. The number of rotatable bonds is 2. The third-order valence-electron chi connectivity index (χ3n) is 4.98. The van der Waals surface area contributed by atoms with Gasteiger partial charge in [-0.05, 0) is 50.4 Å². The summed E-state index contributed by atoms with van der Waals surface area (Å²) in [5.41, 5.74) is 0.327. The number of aliphatic hydroxyl groups is 1. The molecule has 19 heavy (non-hydrogen) atoms. The summed E-state index contributed by atoms with van der Waals surface area (Å²) in [5.74, 6) is 0.829. The third kappa shape index (κ3) is 2.26. The van der Waals surface area contributed by atoms with E-state index in [0.717, 1.165) is 24.2 Å². The Hall–Kier alpha value is -1.06. The molecule has 0 saturated carbocycles. The molecule has 2 saturated heterocycles. The van der Waals surface area contributed by atoms with E-state index >= 15 is 0 Å². The number of piperidine rings is 2. The molecule has 2 heterocycles. The number of hydrogen-bond donors (Lipinski definition) is 1. The first-order chi connectivity index (χ1) is 9.12. The number of nitrogens with zero attached hydrogens (tertiary/aromatic N) is 1. The average molecular weight is 261 g/mol. The Morgan fingerprint density at radius 3 is 2.58 bits per heavy atom. The highest BCUT2D eigenvalue weighted by Crippen LogP contribution is 2.43. The molecular formula is C16H23NO2. The maximum absolute atomic E-state index is 11.1. The quantitative estimate of drug-likeness (QED) is 0.888. The third-order valence-corrected chi connectivity index (χ3v) is 4.98. The van der Waals surface area contributed by atoms with Gasteiger partial charge in [0.25, 0.3) is 0 Å². The molecule has 2 fully saturated rings. The number of benzene rings is 1. The number of fused-ring (bicyclic) bond motifs is 2. The number of methoxy groups -OCH3 is 1. The number of hydrogen-bond acceptors (Lipinski definition) is 3. The lowest BCUT2D eigenvalue weighted by Crippen LogP contribution is -2.55. The standard InChI is InChI=1S/C16H23NO2/c1-17-13-6-4-7-14(17)11-16(18,10-13)12-5-3-8-15(9-12)19-2/h3,5,8-9,13-14,18H,4,6-7,10-11H2,1-2H3. The van der Waals surface area contributed by atoms with Gasteiger partial charge in [-0.2, -0.15) is 0 Å². The van der Waals surface area contributed by atoms with E-state index in [1.807, 2.05) is 24.3 Å². The van der Waals surface area contributed by atoms with Gasteiger partial charge in [0.05, 0.1) is 12.7 Å². The zero-order valence-corrected chi connectivity index (χ0v) is 11.8. The molecule has 3 rings (SSSR count). The van der Waals surface area contributed by atoms with Crippen LogP contribution in [0.15, 0.2) is 24.3 Å². The highest BCUT2D eigenvalue weighted by Gasteiger charge is 2.44. The van der Waals surface area contributed by atoms with E-state index in [1.165, 1.54) is 19.3 Å². The van der Waals surface area contributed by atoms with Crippen LogP contribution < -0.4 is 4.74 Å². The maximum atomic E-state index is 11.1. The molecule has 0 radical (unpaired) electrons. The highest BCUT2D eigenvalue weighted by molar-refractivity contribution is 5.33. The number of ether oxygens (including phenoxy) is 1. The molecule has 1 N–H and O–H groups in total. The first-order valence-electron chi connectivity index (χ1n) is 7.21. The fourth-order valence-electron chi connectivity index (χ4n) is 3.80. The van der Waals surface area contributed by atoms with Crippen molar-refractivity contribution in [3.63, 3.8) is 0 Å². The highest BCUT2D eigenvalue weighted by atomic mass is 16.5. The molecule has 0 aliphatic carbocycles. The van der Waals surface area contributed by atoms with Crippen LogP contribution in [0.5, 0.6) is 5.75 Å². The van der Waals surface area contributed by atoms with Crippen molar-refractivity contribution in [3.05, 3.63) is 29.8 Å². The fourth-order valence-corrected chi connectivity index (χ4v) is 3.80. The normalized spacial score (nSPS) is 35.1. The predicted octanol–water partition coefficient (Wildman–Crippen LogP) is 2.53. The van der Waals surface area contributed by atoms with Gasteiger partial charge in [-0.15, -0.1) is 0 Å². The second-order valence-electron chi connectivity index (χ2n) is 6.08. The van der Waals surface area contributed by atoms with Crippen molar-refractivity contribution >= 4 is 0 Å². The Bertz CT molecular complexity index is 446. The Morgan fingerprint density at radius 2 is 1.95 bits per heavy atom. The molecule has 2 aliphatic rings. The van der Waals surface area contributed by atoms with Crippen LogP contribution in [0.4, 0.5) is 0 Å². The summed E-state index contributed by atoms with van der Waals surface area (Å²) >= 11 is 0. The zero-order chi connectivity index (χ0) is 13.5. The van der Waals surface area contributed by atoms with Crippen molar-refractivity contribution in [2.45, 2.75) is 49.8 Å². The van der Waals surface area contributed by atoms with Crippen LogP contribution in [0.2, 0.25) is 0 Å². The summed E-state index contributed by atoms with van der Waals surface area (Å²) in [5, 5.41) is 11.1. The Morgan fingerprint density at radius 1 is 1.26 bits per heavy atom. The summed E-state index contributed by atoms with van der Waals surface area (Å²) in [4.78, 5) is 2.47. The molecule has 104 valence electrons. The van der Waals surface area contributed by atoms with Crippen LogP contribution in [0, 0.1) is 0 Å². The van der Waals surface area contributed by atoms with Crippen LogP contribution in [0.3, 0.4) is 0 Å². The zero-order valence-electron chi connectivity index (χ0n) is 11.8. The fraction of sp³-hybridized carbons (Fsp3) is 0.625. The smallest absolute Gasteiger partial charge is 0.119 e. The molecule has 2 bridgehead atoms. The van der Waals surface area contributed by atoms with E-state index < -0.39 is 5.60 Å².